The number of nitrogens with zero attached hydrogens (tertiary/aromatic N) is 1. The second-order valence-electron chi connectivity index (χ2n) is 5.98. The lowest BCUT2D eigenvalue weighted by atomic mass is 10.2. The van der Waals surface area contributed by atoms with Crippen molar-refractivity contribution >= 4 is 40.2 Å². The van der Waals surface area contributed by atoms with E-state index in [0.717, 1.165) is 5.69 Å². The highest BCUT2D eigenvalue weighted by atomic mass is 35.5. The quantitative estimate of drug-likeness (QED) is 0.728. The molecule has 1 aromatic heterocycles. The van der Waals surface area contributed by atoms with Crippen molar-refractivity contribution in [3.8, 4) is 5.75 Å². The number of aliphatic hydroxyl groups is 1. The molecule has 0 fully saturated rings. The van der Waals surface area contributed by atoms with Crippen LogP contribution in [0.3, 0.4) is 0 Å². The van der Waals surface area contributed by atoms with Gasteiger partial charge < -0.3 is 15.2 Å². The third-order valence-corrected chi connectivity index (χ3v) is 4.42. The van der Waals surface area contributed by atoms with Crippen LogP contribution in [-0.4, -0.2) is 36.3 Å². The molecule has 2 aromatic rings. The van der Waals surface area contributed by atoms with Crippen LogP contribution in [-0.2, 0) is 4.79 Å². The maximum atomic E-state index is 12.0. The van der Waals surface area contributed by atoms with Gasteiger partial charge in [0.1, 0.15) is 18.5 Å². The molecule has 1 heterocycles. The number of hydrogen-bond donors (Lipinski definition) is 2. The SMILES string of the molecule is CC(=O)N(c1ccsc1)c1ccc(OCC(O)CNC(C)C)cc1Cl. The standard InChI is InChI=1S/C18H23ClN2O3S/c1-12(2)20-9-15(23)10-24-16-4-5-18(17(19)8-16)21(13(3)22)14-6-7-25-11-14/h4-8,11-12,15,20,23H,9-10H2,1-3H3. The maximum Gasteiger partial charge on any atom is 0.228 e. The molecule has 5 nitrogen and oxygen atoms in total. The highest BCUT2D eigenvalue weighted by molar-refractivity contribution is 7.08. The lowest BCUT2D eigenvalue weighted by molar-refractivity contribution is -0.115. The third kappa shape index (κ3) is 5.71. The number of benzene rings is 1. The number of hydrogen-bond acceptors (Lipinski definition) is 5. The second kappa shape index (κ2) is 9.20. The van der Waals surface area contributed by atoms with Gasteiger partial charge >= 0.3 is 0 Å². The van der Waals surface area contributed by atoms with Crippen molar-refractivity contribution in [1.29, 1.82) is 0 Å². The fourth-order valence-corrected chi connectivity index (χ4v) is 3.13. The molecule has 7 heteroatoms. The van der Waals surface area contributed by atoms with E-state index >= 15 is 0 Å². The summed E-state index contributed by atoms with van der Waals surface area (Å²) in [4.78, 5) is 13.6. The number of carbonyl (C=O) groups excluding carboxylic acids is 1. The fraction of sp³-hybridized carbons (Fsp3) is 0.389. The summed E-state index contributed by atoms with van der Waals surface area (Å²) in [7, 11) is 0. The number of aliphatic hydroxyl groups excluding tert-OH is 1. The lowest BCUT2D eigenvalue weighted by Crippen LogP contribution is -2.35. The van der Waals surface area contributed by atoms with Crippen molar-refractivity contribution in [2.75, 3.05) is 18.1 Å². The minimum absolute atomic E-state index is 0.121. The molecule has 0 aliphatic carbocycles. The first-order valence-corrected chi connectivity index (χ1v) is 9.37. The molecule has 1 unspecified atom stereocenters. The van der Waals surface area contributed by atoms with Gasteiger partial charge in [-0.1, -0.05) is 25.4 Å². The van der Waals surface area contributed by atoms with Crippen molar-refractivity contribution in [3.05, 3.63) is 40.0 Å². The van der Waals surface area contributed by atoms with E-state index in [0.29, 0.717) is 29.0 Å². The van der Waals surface area contributed by atoms with Gasteiger partial charge in [0, 0.05) is 31.0 Å². The number of anilines is 2. The van der Waals surface area contributed by atoms with E-state index in [4.69, 9.17) is 16.3 Å². The molecule has 1 atom stereocenters. The smallest absolute Gasteiger partial charge is 0.228 e. The highest BCUT2D eigenvalue weighted by Crippen LogP contribution is 2.35. The molecular formula is C18H23ClN2O3S. The Morgan fingerprint density at radius 2 is 2.16 bits per heavy atom. The summed E-state index contributed by atoms with van der Waals surface area (Å²) in [5.74, 6) is 0.426. The zero-order chi connectivity index (χ0) is 18.4. The summed E-state index contributed by atoms with van der Waals surface area (Å²) in [5.41, 5.74) is 1.38. The lowest BCUT2D eigenvalue weighted by Gasteiger charge is -2.22. The van der Waals surface area contributed by atoms with Crippen LogP contribution in [0.2, 0.25) is 5.02 Å². The molecule has 0 saturated carbocycles. The van der Waals surface area contributed by atoms with Crippen molar-refractivity contribution in [2.24, 2.45) is 0 Å². The van der Waals surface area contributed by atoms with Crippen molar-refractivity contribution in [3.63, 3.8) is 0 Å². The van der Waals surface area contributed by atoms with E-state index in [9.17, 15) is 9.90 Å². The largest absolute Gasteiger partial charge is 0.491 e. The van der Waals surface area contributed by atoms with Crippen LogP contribution in [0.15, 0.2) is 35.0 Å². The van der Waals surface area contributed by atoms with Crippen LogP contribution in [0.25, 0.3) is 0 Å². The van der Waals surface area contributed by atoms with E-state index < -0.39 is 6.10 Å². The van der Waals surface area contributed by atoms with Gasteiger partial charge in [0.2, 0.25) is 5.91 Å². The molecule has 0 aliphatic heterocycles. The summed E-state index contributed by atoms with van der Waals surface area (Å²) in [6, 6.07) is 7.31. The van der Waals surface area contributed by atoms with Gasteiger partial charge in [-0.25, -0.2) is 0 Å². The van der Waals surface area contributed by atoms with Gasteiger partial charge in [0.15, 0.2) is 0 Å². The number of rotatable bonds is 8. The number of thiophene rings is 1. The molecule has 136 valence electrons. The van der Waals surface area contributed by atoms with Gasteiger partial charge in [-0.15, -0.1) is 0 Å². The number of nitrogens with one attached hydrogen (secondary N) is 1. The Morgan fingerprint density at radius 1 is 1.40 bits per heavy atom. The summed E-state index contributed by atoms with van der Waals surface area (Å²) in [6.07, 6.45) is -0.611. The molecule has 0 spiro atoms. The molecule has 2 rings (SSSR count). The van der Waals surface area contributed by atoms with Crippen LogP contribution >= 0.6 is 22.9 Å². The Labute approximate surface area is 157 Å². The second-order valence-corrected chi connectivity index (χ2v) is 7.16. The molecule has 1 amide bonds. The predicted octanol–water partition coefficient (Wildman–Crippen LogP) is 3.82. The van der Waals surface area contributed by atoms with E-state index in [-0.39, 0.29) is 12.5 Å². The fourth-order valence-electron chi connectivity index (χ4n) is 2.26. The Bertz CT molecular complexity index is 692. The van der Waals surface area contributed by atoms with Crippen LogP contribution in [0.5, 0.6) is 5.75 Å². The summed E-state index contributed by atoms with van der Waals surface area (Å²) < 4.78 is 5.59. The van der Waals surface area contributed by atoms with Crippen molar-refractivity contribution in [1.82, 2.24) is 5.32 Å². The van der Waals surface area contributed by atoms with Gasteiger partial charge in [-0.05, 0) is 23.6 Å². The first-order chi connectivity index (χ1) is 11.9. The molecule has 1 aromatic carbocycles. The molecule has 0 bridgehead atoms. The maximum absolute atomic E-state index is 12.0. The third-order valence-electron chi connectivity index (χ3n) is 3.44. The van der Waals surface area contributed by atoms with Crippen molar-refractivity contribution in [2.45, 2.75) is 32.9 Å². The Morgan fingerprint density at radius 3 is 2.72 bits per heavy atom. The molecule has 0 aliphatic rings. The van der Waals surface area contributed by atoms with Crippen molar-refractivity contribution < 1.29 is 14.6 Å². The van der Waals surface area contributed by atoms with E-state index in [1.807, 2.05) is 30.7 Å². The van der Waals surface area contributed by atoms with Crippen LogP contribution in [0.1, 0.15) is 20.8 Å². The monoisotopic (exact) mass is 382 g/mol. The van der Waals surface area contributed by atoms with Gasteiger partial charge in [-0.2, -0.15) is 11.3 Å². The van der Waals surface area contributed by atoms with E-state index in [1.165, 1.54) is 18.3 Å². The molecular weight excluding hydrogens is 360 g/mol. The van der Waals surface area contributed by atoms with E-state index in [2.05, 4.69) is 5.32 Å². The zero-order valence-corrected chi connectivity index (χ0v) is 16.1. The number of carbonyl (C=O) groups is 1. The minimum Gasteiger partial charge on any atom is -0.491 e. The first kappa shape index (κ1) is 19.7. The number of halogens is 1. The Hall–Kier alpha value is -1.60. The van der Waals surface area contributed by atoms with Gasteiger partial charge in [0.05, 0.1) is 16.4 Å². The molecule has 25 heavy (non-hydrogen) atoms. The van der Waals surface area contributed by atoms with E-state index in [1.54, 1.807) is 23.1 Å². The zero-order valence-electron chi connectivity index (χ0n) is 14.5. The van der Waals surface area contributed by atoms with Gasteiger partial charge in [0.25, 0.3) is 0 Å². The molecule has 0 saturated heterocycles. The van der Waals surface area contributed by atoms with Gasteiger partial charge in [-0.3, -0.25) is 9.69 Å². The number of amides is 1. The first-order valence-electron chi connectivity index (χ1n) is 8.05. The topological polar surface area (TPSA) is 61.8 Å². The summed E-state index contributed by atoms with van der Waals surface area (Å²) >= 11 is 7.87. The van der Waals surface area contributed by atoms with Crippen LogP contribution in [0.4, 0.5) is 11.4 Å². The highest BCUT2D eigenvalue weighted by Gasteiger charge is 2.18. The van der Waals surface area contributed by atoms with Crippen LogP contribution < -0.4 is 15.0 Å². The average molecular weight is 383 g/mol. The normalized spacial score (nSPS) is 12.2. The van der Waals surface area contributed by atoms with Crippen LogP contribution in [0, 0.1) is 0 Å². The summed E-state index contributed by atoms with van der Waals surface area (Å²) in [6.45, 7) is 6.15. The minimum atomic E-state index is -0.611. The summed E-state index contributed by atoms with van der Waals surface area (Å²) in [5, 5.41) is 17.2. The average Bonchev–Trinajstić information content (AvgIpc) is 3.06. The number of ether oxygens (including phenoxy) is 1. The molecule has 0 radical (unpaired) electrons. The predicted molar refractivity (Wildman–Crippen MR) is 103 cm³/mol. The Balaban J connectivity index is 2.06. The Kier molecular flexibility index (Phi) is 7.25. The molecule has 2 N–H and O–H groups in total.